The average molecular weight is 280 g/mol. The van der Waals surface area contributed by atoms with E-state index in [4.69, 9.17) is 5.26 Å². The van der Waals surface area contributed by atoms with E-state index in [2.05, 4.69) is 31.2 Å². The quantitative estimate of drug-likeness (QED) is 0.924. The van der Waals surface area contributed by atoms with Crippen molar-refractivity contribution in [3.8, 4) is 6.07 Å². The molecule has 2 aromatic heterocycles. The number of nitrogens with zero attached hydrogens (tertiary/aromatic N) is 5. The summed E-state index contributed by atoms with van der Waals surface area (Å²) in [6.07, 6.45) is 7.32. The van der Waals surface area contributed by atoms with Crippen LogP contribution in [0.4, 0.5) is 11.8 Å². The first-order chi connectivity index (χ1) is 10.4. The zero-order valence-corrected chi connectivity index (χ0v) is 11.6. The summed E-state index contributed by atoms with van der Waals surface area (Å²) in [4.78, 5) is 15.0. The van der Waals surface area contributed by atoms with Crippen LogP contribution in [0.5, 0.6) is 0 Å². The molecule has 0 amide bonds. The Balaban J connectivity index is 1.71. The smallest absolute Gasteiger partial charge is 0.225 e. The summed E-state index contributed by atoms with van der Waals surface area (Å²) in [5.41, 5.74) is 0.575. The lowest BCUT2D eigenvalue weighted by Gasteiger charge is -2.33. The van der Waals surface area contributed by atoms with Crippen molar-refractivity contribution in [1.29, 1.82) is 5.26 Å². The van der Waals surface area contributed by atoms with Crippen LogP contribution in [-0.2, 0) is 0 Å². The van der Waals surface area contributed by atoms with Gasteiger partial charge in [-0.2, -0.15) is 5.26 Å². The van der Waals surface area contributed by atoms with Gasteiger partial charge in [-0.1, -0.05) is 0 Å². The SMILES string of the molecule is N#Cc1cccnc1N[C@H]1CCCN(c2ncccn2)C1. The second kappa shape index (κ2) is 6.18. The molecule has 1 saturated heterocycles. The number of aromatic nitrogens is 3. The van der Waals surface area contributed by atoms with Crippen molar-refractivity contribution in [2.45, 2.75) is 18.9 Å². The van der Waals surface area contributed by atoms with Crippen molar-refractivity contribution in [3.63, 3.8) is 0 Å². The minimum atomic E-state index is 0.240. The van der Waals surface area contributed by atoms with E-state index in [1.54, 1.807) is 30.7 Å². The Hall–Kier alpha value is -2.68. The lowest BCUT2D eigenvalue weighted by Crippen LogP contribution is -2.43. The van der Waals surface area contributed by atoms with Gasteiger partial charge in [0.2, 0.25) is 5.95 Å². The van der Waals surface area contributed by atoms with E-state index in [1.807, 2.05) is 6.07 Å². The van der Waals surface area contributed by atoms with Crippen LogP contribution >= 0.6 is 0 Å². The molecule has 1 aliphatic heterocycles. The third kappa shape index (κ3) is 3.08. The van der Waals surface area contributed by atoms with Crippen LogP contribution in [0.15, 0.2) is 36.8 Å². The molecule has 0 spiro atoms. The largest absolute Gasteiger partial charge is 0.364 e. The van der Waals surface area contributed by atoms with E-state index in [-0.39, 0.29) is 6.04 Å². The maximum absolute atomic E-state index is 9.12. The average Bonchev–Trinajstić information content (AvgIpc) is 2.56. The number of nitriles is 1. The summed E-state index contributed by atoms with van der Waals surface area (Å²) in [5, 5.41) is 12.5. The van der Waals surface area contributed by atoms with Crippen LogP contribution in [0.3, 0.4) is 0 Å². The summed E-state index contributed by atoms with van der Waals surface area (Å²) >= 11 is 0. The molecule has 6 nitrogen and oxygen atoms in total. The third-order valence-electron chi connectivity index (χ3n) is 3.53. The first-order valence-electron chi connectivity index (χ1n) is 7.00. The number of piperidine rings is 1. The zero-order valence-electron chi connectivity index (χ0n) is 11.6. The van der Waals surface area contributed by atoms with Crippen molar-refractivity contribution in [1.82, 2.24) is 15.0 Å². The number of pyridine rings is 1. The summed E-state index contributed by atoms with van der Waals surface area (Å²) in [6, 6.07) is 7.77. The van der Waals surface area contributed by atoms with Gasteiger partial charge in [-0.05, 0) is 31.0 Å². The number of anilines is 2. The second-order valence-corrected chi connectivity index (χ2v) is 4.99. The van der Waals surface area contributed by atoms with E-state index in [9.17, 15) is 0 Å². The molecule has 0 radical (unpaired) electrons. The molecule has 1 atom stereocenters. The molecule has 1 N–H and O–H groups in total. The van der Waals surface area contributed by atoms with Crippen LogP contribution in [0.2, 0.25) is 0 Å². The summed E-state index contributed by atoms with van der Waals surface area (Å²) in [5.74, 6) is 1.41. The fourth-order valence-electron chi connectivity index (χ4n) is 2.54. The van der Waals surface area contributed by atoms with Gasteiger partial charge in [-0.15, -0.1) is 0 Å². The van der Waals surface area contributed by atoms with Gasteiger partial charge < -0.3 is 10.2 Å². The first-order valence-corrected chi connectivity index (χ1v) is 7.00. The molecule has 1 aliphatic rings. The van der Waals surface area contributed by atoms with Gasteiger partial charge in [0.25, 0.3) is 0 Å². The molecule has 0 aromatic carbocycles. The fraction of sp³-hybridized carbons (Fsp3) is 0.333. The highest BCUT2D eigenvalue weighted by molar-refractivity contribution is 5.52. The monoisotopic (exact) mass is 280 g/mol. The maximum atomic E-state index is 9.12. The van der Waals surface area contributed by atoms with Crippen molar-refractivity contribution >= 4 is 11.8 Å². The van der Waals surface area contributed by atoms with E-state index < -0.39 is 0 Å². The van der Waals surface area contributed by atoms with Gasteiger partial charge in [-0.25, -0.2) is 15.0 Å². The Bertz CT molecular complexity index is 636. The Kier molecular flexibility index (Phi) is 3.92. The normalized spacial score (nSPS) is 18.0. The highest BCUT2D eigenvalue weighted by Gasteiger charge is 2.22. The molecular formula is C15H16N6. The molecule has 6 heteroatoms. The predicted molar refractivity (Wildman–Crippen MR) is 79.8 cm³/mol. The first kappa shape index (κ1) is 13.3. The van der Waals surface area contributed by atoms with Gasteiger partial charge in [-0.3, -0.25) is 0 Å². The van der Waals surface area contributed by atoms with Gasteiger partial charge in [0, 0.05) is 37.7 Å². The van der Waals surface area contributed by atoms with Crippen molar-refractivity contribution in [3.05, 3.63) is 42.4 Å². The van der Waals surface area contributed by atoms with Crippen LogP contribution in [-0.4, -0.2) is 34.1 Å². The lowest BCUT2D eigenvalue weighted by atomic mass is 10.1. The second-order valence-electron chi connectivity index (χ2n) is 4.99. The minimum Gasteiger partial charge on any atom is -0.364 e. The van der Waals surface area contributed by atoms with Crippen LogP contribution in [0.1, 0.15) is 18.4 Å². The summed E-state index contributed by atoms with van der Waals surface area (Å²) in [6.45, 7) is 1.76. The topological polar surface area (TPSA) is 77.7 Å². The van der Waals surface area contributed by atoms with Gasteiger partial charge in [0.15, 0.2) is 0 Å². The van der Waals surface area contributed by atoms with E-state index in [1.165, 1.54) is 0 Å². The predicted octanol–water partition coefficient (Wildman–Crippen LogP) is 1.82. The summed E-state index contributed by atoms with van der Waals surface area (Å²) < 4.78 is 0. The number of hydrogen-bond acceptors (Lipinski definition) is 6. The van der Waals surface area contributed by atoms with Crippen LogP contribution in [0, 0.1) is 11.3 Å². The molecule has 1 fully saturated rings. The number of hydrogen-bond donors (Lipinski definition) is 1. The molecule has 3 heterocycles. The Labute approximate surface area is 123 Å². The minimum absolute atomic E-state index is 0.240. The van der Waals surface area contributed by atoms with Crippen molar-refractivity contribution < 1.29 is 0 Å². The Morgan fingerprint density at radius 3 is 2.81 bits per heavy atom. The van der Waals surface area contributed by atoms with Crippen molar-refractivity contribution in [2.24, 2.45) is 0 Å². The van der Waals surface area contributed by atoms with Crippen LogP contribution < -0.4 is 10.2 Å². The maximum Gasteiger partial charge on any atom is 0.225 e. The fourth-order valence-corrected chi connectivity index (χ4v) is 2.54. The molecule has 0 saturated carbocycles. The molecule has 0 unspecified atom stereocenters. The molecule has 2 aromatic rings. The standard InChI is InChI=1S/C15H16N6/c16-10-12-4-1-6-17-14(12)20-13-5-2-9-21(11-13)15-18-7-3-8-19-15/h1,3-4,6-8,13H,2,5,9,11H2,(H,17,20)/t13-/m0/s1. The molecule has 106 valence electrons. The molecule has 0 bridgehead atoms. The van der Waals surface area contributed by atoms with E-state index >= 15 is 0 Å². The Morgan fingerprint density at radius 1 is 1.19 bits per heavy atom. The van der Waals surface area contributed by atoms with Crippen LogP contribution in [0.25, 0.3) is 0 Å². The summed E-state index contributed by atoms with van der Waals surface area (Å²) in [7, 11) is 0. The highest BCUT2D eigenvalue weighted by atomic mass is 15.3. The molecule has 21 heavy (non-hydrogen) atoms. The zero-order chi connectivity index (χ0) is 14.5. The molecule has 3 rings (SSSR count). The van der Waals surface area contributed by atoms with Crippen molar-refractivity contribution in [2.75, 3.05) is 23.3 Å². The third-order valence-corrected chi connectivity index (χ3v) is 3.53. The highest BCUT2D eigenvalue weighted by Crippen LogP contribution is 2.19. The van der Waals surface area contributed by atoms with Gasteiger partial charge >= 0.3 is 0 Å². The Morgan fingerprint density at radius 2 is 2.00 bits per heavy atom. The molecule has 0 aliphatic carbocycles. The van der Waals surface area contributed by atoms with Gasteiger partial charge in [0.1, 0.15) is 11.9 Å². The number of nitrogens with one attached hydrogen (secondary N) is 1. The van der Waals surface area contributed by atoms with E-state index in [0.29, 0.717) is 11.4 Å². The molecular weight excluding hydrogens is 264 g/mol. The van der Waals surface area contributed by atoms with Gasteiger partial charge in [0.05, 0.1) is 5.56 Å². The van der Waals surface area contributed by atoms with E-state index in [0.717, 1.165) is 31.9 Å². The number of rotatable bonds is 3. The lowest BCUT2D eigenvalue weighted by molar-refractivity contribution is 0.521.